The summed E-state index contributed by atoms with van der Waals surface area (Å²) in [5.41, 5.74) is 2.70. The van der Waals surface area contributed by atoms with E-state index in [1.165, 1.54) is 12.3 Å². The summed E-state index contributed by atoms with van der Waals surface area (Å²) < 4.78 is 13.0. The molecule has 0 aliphatic carbocycles. The Morgan fingerprint density at radius 2 is 2.50 bits per heavy atom. The van der Waals surface area contributed by atoms with Crippen molar-refractivity contribution in [3.63, 3.8) is 0 Å². The minimum atomic E-state index is -2.06. The van der Waals surface area contributed by atoms with Crippen LogP contribution in [0.5, 0.6) is 0 Å². The topological polar surface area (TPSA) is 55.5 Å². The Balaban J connectivity index is 2.80. The van der Waals surface area contributed by atoms with Crippen LogP contribution in [0.2, 0.25) is 0 Å². The normalized spacial score (nSPS) is 30.5. The highest BCUT2D eigenvalue weighted by atomic mass is 19.1. The Labute approximate surface area is 57.4 Å². The zero-order valence-corrected chi connectivity index (χ0v) is 5.25. The van der Waals surface area contributed by atoms with Gasteiger partial charge < -0.3 is 5.73 Å². The molecule has 3 nitrogen and oxygen atoms in total. The van der Waals surface area contributed by atoms with Gasteiger partial charge in [0, 0.05) is 6.21 Å². The molecular formula is C6H7FN2O. The number of hydrogen-bond acceptors (Lipinski definition) is 2. The third-order valence-corrected chi connectivity index (χ3v) is 1.28. The van der Waals surface area contributed by atoms with Gasteiger partial charge in [0.25, 0.3) is 5.91 Å². The molecule has 0 radical (unpaired) electrons. The maximum atomic E-state index is 13.0. The average Bonchev–Trinajstić information content (AvgIpc) is 1.89. The van der Waals surface area contributed by atoms with Gasteiger partial charge in [-0.3, -0.25) is 9.79 Å². The molecule has 0 bridgehead atoms. The molecule has 1 amide bonds. The number of dihydropyridines is 1. The standard InChI is InChI=1S/C6H7FN2O/c7-6(5(8)10)2-1-3-9-4-6/h1-3H,4H2,(H2,8,10). The van der Waals surface area contributed by atoms with Crippen molar-refractivity contribution in [2.45, 2.75) is 5.67 Å². The average molecular weight is 142 g/mol. The van der Waals surface area contributed by atoms with Crippen LogP contribution in [0, 0.1) is 0 Å². The van der Waals surface area contributed by atoms with Gasteiger partial charge in [0.2, 0.25) is 5.67 Å². The summed E-state index contributed by atoms with van der Waals surface area (Å²) in [6.07, 6.45) is 3.91. The van der Waals surface area contributed by atoms with Gasteiger partial charge in [-0.15, -0.1) is 0 Å². The van der Waals surface area contributed by atoms with Crippen LogP contribution in [0.1, 0.15) is 0 Å². The summed E-state index contributed by atoms with van der Waals surface area (Å²) >= 11 is 0. The largest absolute Gasteiger partial charge is 0.367 e. The van der Waals surface area contributed by atoms with Gasteiger partial charge >= 0.3 is 0 Å². The Hall–Kier alpha value is -1.19. The molecule has 10 heavy (non-hydrogen) atoms. The predicted octanol–water partition coefficient (Wildman–Crippen LogP) is -0.179. The lowest BCUT2D eigenvalue weighted by Crippen LogP contribution is -2.41. The van der Waals surface area contributed by atoms with Gasteiger partial charge in [-0.1, -0.05) is 0 Å². The number of allylic oxidation sites excluding steroid dienone is 1. The van der Waals surface area contributed by atoms with Crippen molar-refractivity contribution < 1.29 is 9.18 Å². The van der Waals surface area contributed by atoms with Crippen LogP contribution in [0.15, 0.2) is 17.1 Å². The Bertz CT molecular complexity index is 212. The number of carbonyl (C=O) groups excluding carboxylic acids is 1. The van der Waals surface area contributed by atoms with E-state index in [0.717, 1.165) is 6.08 Å². The number of nitrogens with two attached hydrogens (primary N) is 1. The Morgan fingerprint density at radius 3 is 2.80 bits per heavy atom. The van der Waals surface area contributed by atoms with Crippen molar-refractivity contribution >= 4 is 12.1 Å². The van der Waals surface area contributed by atoms with E-state index < -0.39 is 11.6 Å². The second kappa shape index (κ2) is 2.21. The van der Waals surface area contributed by atoms with Crippen LogP contribution in [0.3, 0.4) is 0 Å². The number of nitrogens with zero attached hydrogens (tertiary/aromatic N) is 1. The van der Waals surface area contributed by atoms with E-state index in [-0.39, 0.29) is 6.54 Å². The lowest BCUT2D eigenvalue weighted by molar-refractivity contribution is -0.126. The third-order valence-electron chi connectivity index (χ3n) is 1.28. The molecule has 1 unspecified atom stereocenters. The van der Waals surface area contributed by atoms with Gasteiger partial charge in [-0.25, -0.2) is 4.39 Å². The molecule has 1 atom stereocenters. The number of primary amides is 1. The lowest BCUT2D eigenvalue weighted by atomic mass is 10.0. The van der Waals surface area contributed by atoms with Crippen molar-refractivity contribution in [1.82, 2.24) is 0 Å². The van der Waals surface area contributed by atoms with Gasteiger partial charge in [0.1, 0.15) is 0 Å². The minimum absolute atomic E-state index is 0.196. The quantitative estimate of drug-likeness (QED) is 0.542. The summed E-state index contributed by atoms with van der Waals surface area (Å²) in [4.78, 5) is 14.0. The number of alkyl halides is 1. The van der Waals surface area contributed by atoms with Crippen LogP contribution >= 0.6 is 0 Å². The van der Waals surface area contributed by atoms with Gasteiger partial charge in [0.05, 0.1) is 6.54 Å². The van der Waals surface area contributed by atoms with Crippen molar-refractivity contribution in [2.75, 3.05) is 6.54 Å². The fourth-order valence-corrected chi connectivity index (χ4v) is 0.655. The summed E-state index contributed by atoms with van der Waals surface area (Å²) in [5, 5.41) is 0. The van der Waals surface area contributed by atoms with Crippen LogP contribution in [0.25, 0.3) is 0 Å². The first kappa shape index (κ1) is 6.92. The zero-order chi connectivity index (χ0) is 7.61. The van der Waals surface area contributed by atoms with Crippen molar-refractivity contribution in [3.8, 4) is 0 Å². The fraction of sp³-hybridized carbons (Fsp3) is 0.333. The Morgan fingerprint density at radius 1 is 1.80 bits per heavy atom. The van der Waals surface area contributed by atoms with Crippen molar-refractivity contribution in [3.05, 3.63) is 12.2 Å². The summed E-state index contributed by atoms with van der Waals surface area (Å²) in [7, 11) is 0. The van der Waals surface area contributed by atoms with Gasteiger partial charge in [-0.2, -0.15) is 0 Å². The summed E-state index contributed by atoms with van der Waals surface area (Å²) in [6.45, 7) is -0.196. The van der Waals surface area contributed by atoms with E-state index in [1.807, 2.05) is 0 Å². The fourth-order valence-electron chi connectivity index (χ4n) is 0.655. The summed E-state index contributed by atoms with van der Waals surface area (Å²) in [5.74, 6) is -0.986. The van der Waals surface area contributed by atoms with Gasteiger partial charge in [0.15, 0.2) is 0 Å². The first-order chi connectivity index (χ1) is 4.65. The molecule has 0 saturated carbocycles. The molecule has 1 rings (SSSR count). The highest BCUT2D eigenvalue weighted by Gasteiger charge is 2.33. The van der Waals surface area contributed by atoms with E-state index in [2.05, 4.69) is 4.99 Å². The zero-order valence-electron chi connectivity index (χ0n) is 5.25. The molecule has 0 aromatic heterocycles. The number of halogens is 1. The first-order valence-corrected chi connectivity index (χ1v) is 2.82. The molecule has 4 heteroatoms. The molecule has 0 saturated heterocycles. The smallest absolute Gasteiger partial charge is 0.261 e. The molecule has 1 aliphatic heterocycles. The second-order valence-electron chi connectivity index (χ2n) is 2.08. The summed E-state index contributed by atoms with van der Waals surface area (Å²) in [6, 6.07) is 0. The van der Waals surface area contributed by atoms with Crippen LogP contribution in [-0.4, -0.2) is 24.3 Å². The van der Waals surface area contributed by atoms with Crippen LogP contribution < -0.4 is 5.73 Å². The van der Waals surface area contributed by atoms with Crippen molar-refractivity contribution in [1.29, 1.82) is 0 Å². The van der Waals surface area contributed by atoms with Crippen molar-refractivity contribution in [2.24, 2.45) is 10.7 Å². The lowest BCUT2D eigenvalue weighted by Gasteiger charge is -2.16. The highest BCUT2D eigenvalue weighted by Crippen LogP contribution is 2.14. The minimum Gasteiger partial charge on any atom is -0.367 e. The number of hydrogen-bond donors (Lipinski definition) is 1. The SMILES string of the molecule is NC(=O)C1(F)C=CC=NC1. The number of aliphatic imine (C=N–C) groups is 1. The molecule has 1 aliphatic rings. The molecule has 0 spiro atoms. The van der Waals surface area contributed by atoms with E-state index in [9.17, 15) is 9.18 Å². The Kier molecular flexibility index (Phi) is 1.53. The first-order valence-electron chi connectivity index (χ1n) is 2.82. The monoisotopic (exact) mass is 142 g/mol. The van der Waals surface area contributed by atoms with Gasteiger partial charge in [-0.05, 0) is 12.2 Å². The molecule has 2 N–H and O–H groups in total. The third kappa shape index (κ3) is 1.05. The van der Waals surface area contributed by atoms with E-state index in [1.54, 1.807) is 0 Å². The predicted molar refractivity (Wildman–Crippen MR) is 35.5 cm³/mol. The number of carbonyl (C=O) groups is 1. The number of amides is 1. The van der Waals surface area contributed by atoms with E-state index >= 15 is 0 Å². The second-order valence-corrected chi connectivity index (χ2v) is 2.08. The van der Waals surface area contributed by atoms with Crippen LogP contribution in [-0.2, 0) is 4.79 Å². The molecule has 54 valence electrons. The molecule has 1 heterocycles. The molecule has 0 fully saturated rings. The maximum absolute atomic E-state index is 13.0. The van der Waals surface area contributed by atoms with E-state index in [0.29, 0.717) is 0 Å². The highest BCUT2D eigenvalue weighted by molar-refractivity contribution is 5.89. The van der Waals surface area contributed by atoms with Crippen LogP contribution in [0.4, 0.5) is 4.39 Å². The maximum Gasteiger partial charge on any atom is 0.261 e. The van der Waals surface area contributed by atoms with E-state index in [4.69, 9.17) is 5.73 Å². The number of rotatable bonds is 1. The molecular weight excluding hydrogens is 135 g/mol. The molecule has 0 aromatic rings. The molecule has 0 aromatic carbocycles.